The van der Waals surface area contributed by atoms with Gasteiger partial charge in [-0.3, -0.25) is 13.9 Å². The summed E-state index contributed by atoms with van der Waals surface area (Å²) in [6.07, 6.45) is 0.854. The molecule has 1 N–H and O–H groups in total. The van der Waals surface area contributed by atoms with Gasteiger partial charge in [-0.15, -0.1) is 0 Å². The Kier molecular flexibility index (Phi) is 13.4. The minimum Gasteiger partial charge on any atom is -0.497 e. The van der Waals surface area contributed by atoms with Crippen LogP contribution < -0.4 is 28.6 Å². The van der Waals surface area contributed by atoms with Gasteiger partial charge in [-0.05, 0) is 53.9 Å². The number of methoxy groups -OCH3 is 4. The van der Waals surface area contributed by atoms with Gasteiger partial charge >= 0.3 is 0 Å². The number of anilines is 1. The van der Waals surface area contributed by atoms with Crippen LogP contribution in [0, 0.1) is 0 Å². The van der Waals surface area contributed by atoms with Gasteiger partial charge in [-0.1, -0.05) is 61.0 Å². The quantitative estimate of drug-likeness (QED) is 0.147. The van der Waals surface area contributed by atoms with E-state index in [0.717, 1.165) is 9.87 Å². The van der Waals surface area contributed by atoms with Gasteiger partial charge < -0.3 is 29.2 Å². The summed E-state index contributed by atoms with van der Waals surface area (Å²) in [6, 6.07) is 24.0. The Hall–Kier alpha value is -4.94. The second kappa shape index (κ2) is 17.6. The molecule has 2 amide bonds. The zero-order valence-corrected chi connectivity index (χ0v) is 30.3. The smallest absolute Gasteiger partial charge is 0.265 e. The lowest BCUT2D eigenvalue weighted by molar-refractivity contribution is -0.140. The van der Waals surface area contributed by atoms with Crippen LogP contribution in [0.15, 0.2) is 95.9 Å². The number of halogens is 1. The first-order chi connectivity index (χ1) is 24.1. The van der Waals surface area contributed by atoms with E-state index in [4.69, 9.17) is 30.5 Å². The average Bonchev–Trinajstić information content (AvgIpc) is 3.13. The summed E-state index contributed by atoms with van der Waals surface area (Å²) in [6.45, 7) is 1.59. The minimum absolute atomic E-state index is 0.0318. The molecule has 11 nitrogen and oxygen atoms in total. The van der Waals surface area contributed by atoms with Gasteiger partial charge in [-0.25, -0.2) is 8.42 Å². The molecule has 0 aromatic heterocycles. The lowest BCUT2D eigenvalue weighted by atomic mass is 10.0. The van der Waals surface area contributed by atoms with Gasteiger partial charge in [0.2, 0.25) is 11.8 Å². The van der Waals surface area contributed by atoms with Crippen molar-refractivity contribution in [2.24, 2.45) is 0 Å². The molecule has 0 radical (unpaired) electrons. The summed E-state index contributed by atoms with van der Waals surface area (Å²) in [7, 11) is 1.17. The van der Waals surface area contributed by atoms with Crippen molar-refractivity contribution in [2.75, 3.05) is 45.8 Å². The highest BCUT2D eigenvalue weighted by atomic mass is 35.5. The predicted molar refractivity (Wildman–Crippen MR) is 193 cm³/mol. The highest BCUT2D eigenvalue weighted by molar-refractivity contribution is 7.92. The fraction of sp³-hybridized carbons (Fsp3) is 0.297. The van der Waals surface area contributed by atoms with E-state index in [1.165, 1.54) is 57.6 Å². The Balaban J connectivity index is 1.89. The molecule has 266 valence electrons. The lowest BCUT2D eigenvalue weighted by Crippen LogP contribution is -2.53. The zero-order chi connectivity index (χ0) is 36.3. The van der Waals surface area contributed by atoms with Crippen LogP contribution >= 0.6 is 11.6 Å². The lowest BCUT2D eigenvalue weighted by Gasteiger charge is -2.34. The third kappa shape index (κ3) is 9.19. The Morgan fingerprint density at radius 3 is 2.10 bits per heavy atom. The summed E-state index contributed by atoms with van der Waals surface area (Å²) in [5, 5.41) is 3.38. The number of hydrogen-bond donors (Lipinski definition) is 1. The molecule has 0 fully saturated rings. The molecule has 4 aromatic carbocycles. The second-order valence-electron chi connectivity index (χ2n) is 11.2. The topological polar surface area (TPSA) is 124 Å². The van der Waals surface area contributed by atoms with Crippen molar-refractivity contribution >= 4 is 39.1 Å². The van der Waals surface area contributed by atoms with Gasteiger partial charge in [0, 0.05) is 36.7 Å². The number of benzene rings is 4. The normalized spacial score (nSPS) is 11.6. The molecule has 4 aromatic rings. The predicted octanol–water partition coefficient (Wildman–Crippen LogP) is 5.74. The van der Waals surface area contributed by atoms with Crippen LogP contribution in [-0.4, -0.2) is 72.7 Å². The van der Waals surface area contributed by atoms with Gasteiger partial charge in [-0.2, -0.15) is 0 Å². The summed E-state index contributed by atoms with van der Waals surface area (Å²) >= 11 is 6.33. The van der Waals surface area contributed by atoms with Crippen LogP contribution in [0.5, 0.6) is 23.0 Å². The molecule has 50 heavy (non-hydrogen) atoms. The van der Waals surface area contributed by atoms with Crippen LogP contribution in [0.2, 0.25) is 5.02 Å². The molecule has 0 saturated heterocycles. The fourth-order valence-corrected chi connectivity index (χ4v) is 7.01. The van der Waals surface area contributed by atoms with E-state index in [2.05, 4.69) is 5.32 Å². The highest BCUT2D eigenvalue weighted by Crippen LogP contribution is 2.38. The molecule has 0 bridgehead atoms. The average molecular weight is 724 g/mol. The maximum absolute atomic E-state index is 14.8. The molecular weight excluding hydrogens is 682 g/mol. The van der Waals surface area contributed by atoms with Crippen molar-refractivity contribution in [3.8, 4) is 23.0 Å². The monoisotopic (exact) mass is 723 g/mol. The molecule has 0 aliphatic heterocycles. The van der Waals surface area contributed by atoms with Crippen LogP contribution in [0.4, 0.5) is 5.69 Å². The van der Waals surface area contributed by atoms with Crippen LogP contribution in [0.25, 0.3) is 0 Å². The fourth-order valence-electron chi connectivity index (χ4n) is 5.36. The number of carbonyl (C=O) groups excluding carboxylic acids is 2. The summed E-state index contributed by atoms with van der Waals surface area (Å²) < 4.78 is 52.0. The number of nitrogens with zero attached hydrogens (tertiary/aromatic N) is 2. The molecular formula is C37H42ClN3O8S. The number of amides is 2. The molecule has 0 unspecified atom stereocenters. The Morgan fingerprint density at radius 2 is 1.46 bits per heavy atom. The largest absolute Gasteiger partial charge is 0.497 e. The molecule has 0 aliphatic rings. The van der Waals surface area contributed by atoms with Crippen molar-refractivity contribution in [3.05, 3.63) is 107 Å². The molecule has 0 spiro atoms. The van der Waals surface area contributed by atoms with E-state index in [9.17, 15) is 18.0 Å². The SMILES string of the molecule is CCCNC(=O)[C@@H](Cc1ccccc1)N(Cc1cccc(Cl)c1)C(=O)CN(c1cc(OC)ccc1OC)S(=O)(=O)c1ccc(OC)c(OC)c1. The third-order valence-corrected chi connectivity index (χ3v) is 9.93. The number of hydrogen-bond acceptors (Lipinski definition) is 8. The van der Waals surface area contributed by atoms with Crippen molar-refractivity contribution in [1.29, 1.82) is 0 Å². The zero-order valence-electron chi connectivity index (χ0n) is 28.7. The summed E-state index contributed by atoms with van der Waals surface area (Å²) in [5.74, 6) is -0.0213. The summed E-state index contributed by atoms with van der Waals surface area (Å²) in [4.78, 5) is 29.9. The molecule has 4 rings (SSSR count). The number of sulfonamides is 1. The first kappa shape index (κ1) is 37.9. The van der Waals surface area contributed by atoms with Crippen molar-refractivity contribution in [2.45, 2.75) is 37.2 Å². The molecule has 13 heteroatoms. The molecule has 1 atom stereocenters. The van der Waals surface area contributed by atoms with Gasteiger partial charge in [0.25, 0.3) is 10.0 Å². The van der Waals surface area contributed by atoms with Crippen LogP contribution in [0.3, 0.4) is 0 Å². The van der Waals surface area contributed by atoms with E-state index in [1.807, 2.05) is 37.3 Å². The number of nitrogens with one attached hydrogen (secondary N) is 1. The minimum atomic E-state index is -4.50. The van der Waals surface area contributed by atoms with E-state index >= 15 is 0 Å². The van der Waals surface area contributed by atoms with Gasteiger partial charge in [0.15, 0.2) is 11.5 Å². The van der Waals surface area contributed by atoms with Gasteiger partial charge in [0.05, 0.1) is 39.0 Å². The van der Waals surface area contributed by atoms with Gasteiger partial charge in [0.1, 0.15) is 24.1 Å². The van der Waals surface area contributed by atoms with Crippen molar-refractivity contribution in [1.82, 2.24) is 10.2 Å². The summed E-state index contributed by atoms with van der Waals surface area (Å²) in [5.41, 5.74) is 1.52. The number of carbonyl (C=O) groups is 2. The molecule has 0 heterocycles. The maximum Gasteiger partial charge on any atom is 0.265 e. The Morgan fingerprint density at radius 1 is 0.780 bits per heavy atom. The Bertz CT molecular complexity index is 1870. The second-order valence-corrected chi connectivity index (χ2v) is 13.5. The standard InChI is InChI=1S/C37H42ClN3O8S/c1-6-19-39-37(43)32(21-26-11-8-7-9-12-26)40(24-27-13-10-14-28(38)20-27)36(42)25-41(31-22-29(46-2)15-17-33(31)47-3)50(44,45)30-16-18-34(48-4)35(23-30)49-5/h7-18,20,22-23,32H,6,19,21,24-25H2,1-5H3,(H,39,43)/t32-/m1/s1. The van der Waals surface area contributed by atoms with Crippen molar-refractivity contribution in [3.63, 3.8) is 0 Å². The first-order valence-electron chi connectivity index (χ1n) is 15.9. The third-order valence-electron chi connectivity index (χ3n) is 7.94. The molecule has 0 saturated carbocycles. The first-order valence-corrected chi connectivity index (χ1v) is 17.7. The maximum atomic E-state index is 14.8. The molecule has 0 aliphatic carbocycles. The Labute approximate surface area is 298 Å². The number of rotatable bonds is 17. The van der Waals surface area contributed by atoms with E-state index in [0.29, 0.717) is 35.1 Å². The van der Waals surface area contributed by atoms with E-state index in [1.54, 1.807) is 36.4 Å². The van der Waals surface area contributed by atoms with E-state index in [-0.39, 0.29) is 41.0 Å². The number of ether oxygens (including phenoxy) is 4. The van der Waals surface area contributed by atoms with Crippen LogP contribution in [-0.2, 0) is 32.6 Å². The van der Waals surface area contributed by atoms with Crippen molar-refractivity contribution < 1.29 is 37.0 Å². The highest BCUT2D eigenvalue weighted by Gasteiger charge is 2.36. The van der Waals surface area contributed by atoms with E-state index < -0.39 is 28.5 Å². The van der Waals surface area contributed by atoms with Crippen LogP contribution in [0.1, 0.15) is 24.5 Å².